The maximum absolute atomic E-state index is 13.7. The van der Waals surface area contributed by atoms with Crippen LogP contribution < -0.4 is 9.64 Å². The van der Waals surface area contributed by atoms with Crippen molar-refractivity contribution >= 4 is 17.6 Å². The Kier molecular flexibility index (Phi) is 8.69. The van der Waals surface area contributed by atoms with Gasteiger partial charge in [0.05, 0.1) is 41.3 Å². The van der Waals surface area contributed by atoms with Gasteiger partial charge in [-0.2, -0.15) is 23.5 Å². The number of aryl methyl sites for hydroxylation is 1. The third-order valence-corrected chi connectivity index (χ3v) is 5.46. The van der Waals surface area contributed by atoms with Gasteiger partial charge in [0.2, 0.25) is 0 Å². The molecule has 0 spiro atoms. The lowest BCUT2D eigenvalue weighted by Crippen LogP contribution is -2.37. The fourth-order valence-electron chi connectivity index (χ4n) is 3.58. The number of anilines is 1. The number of amides is 1. The van der Waals surface area contributed by atoms with Crippen LogP contribution in [0, 0.1) is 23.7 Å². The highest BCUT2D eigenvalue weighted by Gasteiger charge is 2.31. The number of ether oxygens (including phenoxy) is 2. The van der Waals surface area contributed by atoms with Crippen LogP contribution in [0.5, 0.6) is 5.75 Å². The molecule has 0 atom stereocenters. The summed E-state index contributed by atoms with van der Waals surface area (Å²) in [7, 11) is 0. The van der Waals surface area contributed by atoms with Crippen LogP contribution in [0.1, 0.15) is 54.9 Å². The molecule has 0 bridgehead atoms. The van der Waals surface area contributed by atoms with E-state index in [1.165, 1.54) is 36.0 Å². The van der Waals surface area contributed by atoms with E-state index in [-0.39, 0.29) is 40.2 Å². The molecule has 0 aliphatic rings. The summed E-state index contributed by atoms with van der Waals surface area (Å²) in [6.07, 6.45) is -3.24. The first-order valence-corrected chi connectivity index (χ1v) is 12.1. The van der Waals surface area contributed by atoms with Gasteiger partial charge < -0.3 is 9.47 Å². The van der Waals surface area contributed by atoms with Crippen LogP contribution in [0.25, 0.3) is 5.69 Å². The van der Waals surface area contributed by atoms with Gasteiger partial charge in [0.15, 0.2) is 0 Å². The Bertz CT molecular complexity index is 1400. The van der Waals surface area contributed by atoms with Crippen LogP contribution in [0.15, 0.2) is 48.7 Å². The summed E-state index contributed by atoms with van der Waals surface area (Å²) >= 11 is 0. The maximum Gasteiger partial charge on any atom is 0.416 e. The molecule has 1 amide bonds. The second kappa shape index (κ2) is 11.6. The van der Waals surface area contributed by atoms with Crippen molar-refractivity contribution in [1.29, 1.82) is 5.26 Å². The molecule has 3 aromatic rings. The molecule has 11 heteroatoms. The van der Waals surface area contributed by atoms with Gasteiger partial charge in [0, 0.05) is 11.9 Å². The number of nitriles is 1. The predicted molar refractivity (Wildman–Crippen MR) is 138 cm³/mol. The fraction of sp³-hybridized carbons (Fsp3) is 0.357. The number of rotatable bonds is 8. The zero-order valence-electron chi connectivity index (χ0n) is 22.3. The molecule has 0 saturated carbocycles. The van der Waals surface area contributed by atoms with E-state index in [0.29, 0.717) is 12.4 Å². The number of benzene rings is 2. The van der Waals surface area contributed by atoms with Crippen LogP contribution in [0.2, 0.25) is 0 Å². The highest BCUT2D eigenvalue weighted by atomic mass is 19.4. The molecule has 0 fully saturated rings. The summed E-state index contributed by atoms with van der Waals surface area (Å²) in [5.74, 6) is -1.00. The molecule has 206 valence electrons. The second-order valence-electron chi connectivity index (χ2n) is 9.96. The Labute approximate surface area is 224 Å². The Morgan fingerprint density at radius 2 is 1.85 bits per heavy atom. The molecule has 1 heterocycles. The van der Waals surface area contributed by atoms with Crippen LogP contribution in [-0.4, -0.2) is 41.4 Å². The Morgan fingerprint density at radius 3 is 2.46 bits per heavy atom. The first kappa shape index (κ1) is 29.2. The topological polar surface area (TPSA) is 97.5 Å². The maximum atomic E-state index is 13.7. The van der Waals surface area contributed by atoms with Gasteiger partial charge in [-0.3, -0.25) is 14.5 Å². The number of alkyl halides is 3. The summed E-state index contributed by atoms with van der Waals surface area (Å²) in [5.41, 5.74) is -0.220. The van der Waals surface area contributed by atoms with E-state index < -0.39 is 30.2 Å². The van der Waals surface area contributed by atoms with Crippen LogP contribution in [-0.2, 0) is 15.7 Å². The van der Waals surface area contributed by atoms with E-state index in [9.17, 15) is 28.0 Å². The summed E-state index contributed by atoms with van der Waals surface area (Å²) in [4.78, 5) is 27.2. The van der Waals surface area contributed by atoms with E-state index in [0.717, 1.165) is 17.0 Å². The van der Waals surface area contributed by atoms with Crippen LogP contribution in [0.4, 0.5) is 18.9 Å². The zero-order chi connectivity index (χ0) is 29.0. The minimum absolute atomic E-state index is 0.0586. The number of nitrogens with zero attached hydrogens (tertiary/aromatic N) is 4. The first-order chi connectivity index (χ1) is 18.2. The molecule has 0 N–H and O–H groups in total. The van der Waals surface area contributed by atoms with Gasteiger partial charge >= 0.3 is 12.1 Å². The van der Waals surface area contributed by atoms with Crippen molar-refractivity contribution in [3.8, 4) is 17.5 Å². The Morgan fingerprint density at radius 1 is 1.13 bits per heavy atom. The number of hydrogen-bond donors (Lipinski definition) is 0. The van der Waals surface area contributed by atoms with Gasteiger partial charge in [0.1, 0.15) is 18.4 Å². The molecule has 2 aromatic carbocycles. The summed E-state index contributed by atoms with van der Waals surface area (Å²) in [6, 6.07) is 11.1. The summed E-state index contributed by atoms with van der Waals surface area (Å²) < 4.78 is 51.6. The molecule has 0 aliphatic carbocycles. The number of carbonyl (C=O) groups excluding carboxylic acids is 2. The number of aromatic nitrogens is 2. The van der Waals surface area contributed by atoms with Crippen molar-refractivity contribution in [1.82, 2.24) is 9.78 Å². The number of halogens is 3. The lowest BCUT2D eigenvalue weighted by atomic mass is 9.98. The average molecular weight is 543 g/mol. The molecule has 8 nitrogen and oxygen atoms in total. The molecule has 3 rings (SSSR count). The van der Waals surface area contributed by atoms with E-state index in [1.54, 1.807) is 19.1 Å². The molecular weight excluding hydrogens is 513 g/mol. The van der Waals surface area contributed by atoms with Gasteiger partial charge in [-0.05, 0) is 55.7 Å². The monoisotopic (exact) mass is 542 g/mol. The van der Waals surface area contributed by atoms with Crippen molar-refractivity contribution in [2.24, 2.45) is 5.41 Å². The molecule has 0 saturated heterocycles. The number of hydrogen-bond acceptors (Lipinski definition) is 6. The Hall–Kier alpha value is -4.33. The van der Waals surface area contributed by atoms with Gasteiger partial charge in [-0.15, -0.1) is 0 Å². The summed E-state index contributed by atoms with van der Waals surface area (Å²) in [5, 5.41) is 13.9. The molecule has 1 aromatic heterocycles. The van der Waals surface area contributed by atoms with Crippen LogP contribution in [0.3, 0.4) is 0 Å². The Balaban J connectivity index is 2.01. The minimum Gasteiger partial charge on any atom is -0.492 e. The van der Waals surface area contributed by atoms with E-state index in [2.05, 4.69) is 11.2 Å². The van der Waals surface area contributed by atoms with Crippen LogP contribution >= 0.6 is 0 Å². The van der Waals surface area contributed by atoms with E-state index in [4.69, 9.17) is 9.47 Å². The molecule has 0 unspecified atom stereocenters. The SMILES string of the molecule is CCOC(=O)CN(C(=O)c1cn(-c2cccc(C(F)(F)F)c2)nc1C)c1ccc(OCC(C)(C)C)c(C#N)c1. The normalized spacial score (nSPS) is 11.6. The molecule has 0 aliphatic heterocycles. The fourth-order valence-corrected chi connectivity index (χ4v) is 3.58. The zero-order valence-corrected chi connectivity index (χ0v) is 22.3. The minimum atomic E-state index is -4.55. The van der Waals surface area contributed by atoms with Crippen molar-refractivity contribution in [3.05, 3.63) is 71.0 Å². The van der Waals surface area contributed by atoms with Gasteiger partial charge in [-0.25, -0.2) is 4.68 Å². The van der Waals surface area contributed by atoms with Crippen molar-refractivity contribution in [2.75, 3.05) is 24.7 Å². The first-order valence-electron chi connectivity index (χ1n) is 12.1. The molecular formula is C28H29F3N4O4. The highest BCUT2D eigenvalue weighted by Crippen LogP contribution is 2.31. The second-order valence-corrected chi connectivity index (χ2v) is 9.96. The number of carbonyl (C=O) groups is 2. The lowest BCUT2D eigenvalue weighted by Gasteiger charge is -2.23. The summed E-state index contributed by atoms with van der Waals surface area (Å²) in [6.45, 7) is 9.08. The highest BCUT2D eigenvalue weighted by molar-refractivity contribution is 6.09. The quantitative estimate of drug-likeness (QED) is 0.339. The van der Waals surface area contributed by atoms with Crippen molar-refractivity contribution < 1.29 is 32.2 Å². The average Bonchev–Trinajstić information content (AvgIpc) is 3.26. The van der Waals surface area contributed by atoms with E-state index >= 15 is 0 Å². The van der Waals surface area contributed by atoms with Gasteiger partial charge in [0.25, 0.3) is 5.91 Å². The lowest BCUT2D eigenvalue weighted by molar-refractivity contribution is -0.141. The van der Waals surface area contributed by atoms with Crippen molar-refractivity contribution in [3.63, 3.8) is 0 Å². The molecule has 0 radical (unpaired) electrons. The standard InChI is InChI=1S/C28H29F3N4O4/c1-6-38-25(36)16-34(21-10-11-24(19(12-21)14-32)39-17-27(3,4)5)26(37)23-15-35(33-18(23)2)22-9-7-8-20(13-22)28(29,30)31/h7-13,15H,6,16-17H2,1-5H3. The predicted octanol–water partition coefficient (Wildman–Crippen LogP) is 5.71. The third-order valence-electron chi connectivity index (χ3n) is 5.46. The smallest absolute Gasteiger partial charge is 0.416 e. The molecule has 39 heavy (non-hydrogen) atoms. The third kappa shape index (κ3) is 7.37. The van der Waals surface area contributed by atoms with Gasteiger partial charge in [-0.1, -0.05) is 26.8 Å². The number of esters is 1. The van der Waals surface area contributed by atoms with Crippen molar-refractivity contribution in [2.45, 2.75) is 40.8 Å². The van der Waals surface area contributed by atoms with E-state index in [1.807, 2.05) is 20.8 Å². The largest absolute Gasteiger partial charge is 0.492 e.